The molecule has 35 heavy (non-hydrogen) atoms. The van der Waals surface area contributed by atoms with Crippen molar-refractivity contribution in [3.63, 3.8) is 0 Å². The fourth-order valence-electron chi connectivity index (χ4n) is 4.17. The number of alkyl halides is 2. The molecule has 4 aromatic rings. The van der Waals surface area contributed by atoms with Crippen molar-refractivity contribution in [2.75, 3.05) is 13.1 Å². The third-order valence-corrected chi connectivity index (χ3v) is 5.91. The van der Waals surface area contributed by atoms with Gasteiger partial charge < -0.3 is 9.64 Å². The number of likely N-dealkylation sites (tertiary alicyclic amines) is 1. The van der Waals surface area contributed by atoms with E-state index in [0.717, 1.165) is 22.3 Å². The third-order valence-electron chi connectivity index (χ3n) is 5.91. The summed E-state index contributed by atoms with van der Waals surface area (Å²) in [7, 11) is 0. The van der Waals surface area contributed by atoms with E-state index in [-0.39, 0.29) is 12.0 Å². The van der Waals surface area contributed by atoms with Crippen molar-refractivity contribution in [2.24, 2.45) is 0 Å². The number of fused-ring (bicyclic) bond motifs is 1. The van der Waals surface area contributed by atoms with E-state index < -0.39 is 12.2 Å². The standard InChI is InChI=1S/C25H26F2N6O2/c1-15-5-7-18(8-6-15)33-22-20(19(9-10-28-22)16-11-29-32(14-16)23(26)27)21(30-33)17-12-31(13-17)24(34)35-25(2,3)4/h5-11,14,17,23H,12-13H2,1-4H3. The number of hydrogen-bond acceptors (Lipinski definition) is 5. The van der Waals surface area contributed by atoms with Crippen LogP contribution >= 0.6 is 0 Å². The molecule has 182 valence electrons. The molecule has 5 rings (SSSR count). The average Bonchev–Trinajstić information content (AvgIpc) is 3.38. The molecule has 3 aromatic heterocycles. The number of aromatic nitrogens is 5. The van der Waals surface area contributed by atoms with E-state index in [9.17, 15) is 13.6 Å². The Hall–Kier alpha value is -3.82. The van der Waals surface area contributed by atoms with E-state index in [2.05, 4.69) is 10.1 Å². The number of amides is 1. The second-order valence-corrected chi connectivity index (χ2v) is 9.76. The van der Waals surface area contributed by atoms with Crippen molar-refractivity contribution in [1.82, 2.24) is 29.4 Å². The molecule has 0 saturated carbocycles. The molecule has 1 amide bonds. The van der Waals surface area contributed by atoms with Gasteiger partial charge in [0, 0.05) is 37.0 Å². The van der Waals surface area contributed by atoms with Gasteiger partial charge in [-0.2, -0.15) is 19.0 Å². The van der Waals surface area contributed by atoms with Crippen molar-refractivity contribution in [3.05, 3.63) is 60.2 Å². The van der Waals surface area contributed by atoms with Gasteiger partial charge in [0.1, 0.15) is 5.60 Å². The number of rotatable bonds is 4. The first-order valence-electron chi connectivity index (χ1n) is 11.4. The molecule has 4 heterocycles. The molecule has 1 saturated heterocycles. The van der Waals surface area contributed by atoms with E-state index in [1.165, 1.54) is 12.4 Å². The maximum Gasteiger partial charge on any atom is 0.410 e. The minimum atomic E-state index is -2.73. The highest BCUT2D eigenvalue weighted by Gasteiger charge is 2.38. The molecular weight excluding hydrogens is 454 g/mol. The summed E-state index contributed by atoms with van der Waals surface area (Å²) in [5.41, 5.74) is 4.00. The summed E-state index contributed by atoms with van der Waals surface area (Å²) < 4.78 is 34.3. The summed E-state index contributed by atoms with van der Waals surface area (Å²) in [6.07, 6.45) is 4.01. The summed E-state index contributed by atoms with van der Waals surface area (Å²) >= 11 is 0. The van der Waals surface area contributed by atoms with Gasteiger partial charge in [0.05, 0.1) is 23.0 Å². The van der Waals surface area contributed by atoms with Crippen LogP contribution in [0.15, 0.2) is 48.9 Å². The maximum absolute atomic E-state index is 13.2. The Bertz CT molecular complexity index is 1380. The summed E-state index contributed by atoms with van der Waals surface area (Å²) in [4.78, 5) is 18.7. The maximum atomic E-state index is 13.2. The second kappa shape index (κ2) is 8.44. The number of ether oxygens (including phenoxy) is 1. The number of carbonyl (C=O) groups excluding carboxylic acids is 1. The van der Waals surface area contributed by atoms with Gasteiger partial charge in [-0.05, 0) is 51.5 Å². The van der Waals surface area contributed by atoms with Crippen LogP contribution in [0.2, 0.25) is 0 Å². The SMILES string of the molecule is Cc1ccc(-n2nc(C3CN(C(=O)OC(C)(C)C)C3)c3c(-c4cnn(C(F)F)c4)ccnc32)cc1. The van der Waals surface area contributed by atoms with Crippen LogP contribution in [0.3, 0.4) is 0 Å². The lowest BCUT2D eigenvalue weighted by Gasteiger charge is -2.39. The predicted octanol–water partition coefficient (Wildman–Crippen LogP) is 5.32. The Morgan fingerprint density at radius 2 is 1.86 bits per heavy atom. The zero-order chi connectivity index (χ0) is 24.9. The normalized spacial score (nSPS) is 14.5. The number of hydrogen-bond donors (Lipinski definition) is 0. The van der Waals surface area contributed by atoms with Gasteiger partial charge in [-0.1, -0.05) is 17.7 Å². The van der Waals surface area contributed by atoms with Crippen LogP contribution in [-0.2, 0) is 4.74 Å². The fourth-order valence-corrected chi connectivity index (χ4v) is 4.17. The molecule has 0 bridgehead atoms. The van der Waals surface area contributed by atoms with Crippen LogP contribution < -0.4 is 0 Å². The van der Waals surface area contributed by atoms with Crippen molar-refractivity contribution >= 4 is 17.1 Å². The van der Waals surface area contributed by atoms with Gasteiger partial charge in [0.2, 0.25) is 0 Å². The topological polar surface area (TPSA) is 78.1 Å². The number of nitrogens with zero attached hydrogens (tertiary/aromatic N) is 6. The molecule has 0 N–H and O–H groups in total. The monoisotopic (exact) mass is 480 g/mol. The van der Waals surface area contributed by atoms with Gasteiger partial charge in [-0.15, -0.1) is 0 Å². The van der Waals surface area contributed by atoms with Crippen LogP contribution in [0.5, 0.6) is 0 Å². The van der Waals surface area contributed by atoms with Crippen LogP contribution in [-0.4, -0.2) is 54.2 Å². The summed E-state index contributed by atoms with van der Waals surface area (Å²) in [6, 6.07) is 9.69. The molecule has 0 atom stereocenters. The molecule has 1 aliphatic heterocycles. The van der Waals surface area contributed by atoms with E-state index in [1.54, 1.807) is 21.8 Å². The predicted molar refractivity (Wildman–Crippen MR) is 127 cm³/mol. The highest BCUT2D eigenvalue weighted by atomic mass is 19.3. The second-order valence-electron chi connectivity index (χ2n) is 9.76. The van der Waals surface area contributed by atoms with E-state index in [1.807, 2.05) is 52.0 Å². The van der Waals surface area contributed by atoms with Gasteiger partial charge in [-0.25, -0.2) is 19.1 Å². The lowest BCUT2D eigenvalue weighted by Crippen LogP contribution is -2.50. The largest absolute Gasteiger partial charge is 0.444 e. The lowest BCUT2D eigenvalue weighted by molar-refractivity contribution is 0.00794. The number of carbonyl (C=O) groups is 1. The molecule has 0 radical (unpaired) electrons. The Labute approximate surface area is 201 Å². The average molecular weight is 481 g/mol. The quantitative estimate of drug-likeness (QED) is 0.395. The number of benzene rings is 1. The van der Waals surface area contributed by atoms with Gasteiger partial charge in [0.15, 0.2) is 5.65 Å². The van der Waals surface area contributed by atoms with Gasteiger partial charge in [0.25, 0.3) is 0 Å². The van der Waals surface area contributed by atoms with Crippen LogP contribution in [0, 0.1) is 6.92 Å². The smallest absolute Gasteiger partial charge is 0.410 e. The zero-order valence-electron chi connectivity index (χ0n) is 19.9. The molecule has 0 spiro atoms. The molecule has 0 aliphatic carbocycles. The zero-order valence-corrected chi connectivity index (χ0v) is 19.9. The van der Waals surface area contributed by atoms with Crippen molar-refractivity contribution < 1.29 is 18.3 Å². The van der Waals surface area contributed by atoms with Crippen LogP contribution in [0.1, 0.15) is 44.5 Å². The summed E-state index contributed by atoms with van der Waals surface area (Å²) in [5, 5.41) is 9.47. The van der Waals surface area contributed by atoms with Crippen molar-refractivity contribution in [1.29, 1.82) is 0 Å². The van der Waals surface area contributed by atoms with Crippen LogP contribution in [0.4, 0.5) is 13.6 Å². The molecule has 1 aromatic carbocycles. The summed E-state index contributed by atoms with van der Waals surface area (Å²) in [6.45, 7) is 5.65. The Balaban J connectivity index is 1.58. The van der Waals surface area contributed by atoms with E-state index in [0.29, 0.717) is 34.5 Å². The summed E-state index contributed by atoms with van der Waals surface area (Å²) in [5.74, 6) is -0.0511. The molecular formula is C25H26F2N6O2. The fraction of sp³-hybridized carbons (Fsp3) is 0.360. The molecule has 1 aliphatic rings. The minimum Gasteiger partial charge on any atom is -0.444 e. The van der Waals surface area contributed by atoms with Crippen molar-refractivity contribution in [3.8, 4) is 16.8 Å². The number of pyridine rings is 1. The number of halogens is 2. The Morgan fingerprint density at radius 3 is 2.49 bits per heavy atom. The Kier molecular flexibility index (Phi) is 5.53. The highest BCUT2D eigenvalue weighted by Crippen LogP contribution is 2.38. The van der Waals surface area contributed by atoms with Crippen LogP contribution in [0.25, 0.3) is 27.8 Å². The molecule has 8 nitrogen and oxygen atoms in total. The minimum absolute atomic E-state index is 0.0511. The lowest BCUT2D eigenvalue weighted by atomic mass is 9.92. The van der Waals surface area contributed by atoms with Gasteiger partial charge in [-0.3, -0.25) is 0 Å². The first-order chi connectivity index (χ1) is 16.6. The molecule has 10 heteroatoms. The Morgan fingerprint density at radius 1 is 1.14 bits per heavy atom. The number of aryl methyl sites for hydroxylation is 1. The first kappa shape index (κ1) is 22.9. The third kappa shape index (κ3) is 4.36. The molecule has 1 fully saturated rings. The van der Waals surface area contributed by atoms with Crippen molar-refractivity contribution in [2.45, 2.75) is 45.8 Å². The van der Waals surface area contributed by atoms with E-state index >= 15 is 0 Å². The van der Waals surface area contributed by atoms with E-state index in [4.69, 9.17) is 9.84 Å². The first-order valence-corrected chi connectivity index (χ1v) is 11.4. The van der Waals surface area contributed by atoms with Gasteiger partial charge >= 0.3 is 12.6 Å². The molecule has 0 unspecified atom stereocenters. The highest BCUT2D eigenvalue weighted by molar-refractivity contribution is 5.96.